The van der Waals surface area contributed by atoms with Crippen LogP contribution in [0.25, 0.3) is 0 Å². The maximum absolute atomic E-state index is 6.14. The Morgan fingerprint density at radius 2 is 1.67 bits per heavy atom. The molecule has 2 fully saturated rings. The molecule has 0 aromatic heterocycles. The summed E-state index contributed by atoms with van der Waals surface area (Å²) < 4.78 is 6.12. The number of benzene rings is 2. The molecule has 0 spiro atoms. The number of nitrogens with zero attached hydrogens (tertiary/aromatic N) is 2. The first-order valence-electron chi connectivity index (χ1n) is 10.9. The van der Waals surface area contributed by atoms with E-state index in [9.17, 15) is 0 Å². The quantitative estimate of drug-likeness (QED) is 0.643. The normalized spacial score (nSPS) is 23.7. The highest BCUT2D eigenvalue weighted by Gasteiger charge is 2.30. The Balaban J connectivity index is 1.38. The highest BCUT2D eigenvalue weighted by molar-refractivity contribution is 6.30. The minimum Gasteiger partial charge on any atom is -0.361 e. The van der Waals surface area contributed by atoms with Gasteiger partial charge in [0.15, 0.2) is 0 Å². The van der Waals surface area contributed by atoms with Crippen LogP contribution in [0.5, 0.6) is 0 Å². The van der Waals surface area contributed by atoms with Gasteiger partial charge >= 0.3 is 0 Å². The van der Waals surface area contributed by atoms with Crippen LogP contribution in [0.15, 0.2) is 54.6 Å². The summed E-state index contributed by atoms with van der Waals surface area (Å²) in [7, 11) is 0. The van der Waals surface area contributed by atoms with Crippen molar-refractivity contribution >= 4 is 11.6 Å². The van der Waals surface area contributed by atoms with Crippen molar-refractivity contribution in [2.45, 2.75) is 37.5 Å². The lowest BCUT2D eigenvalue weighted by molar-refractivity contribution is 0.0274. The van der Waals surface area contributed by atoms with Crippen molar-refractivity contribution in [2.24, 2.45) is 0 Å². The second-order valence-corrected chi connectivity index (χ2v) is 8.53. The number of hydrogen-bond acceptors (Lipinski definition) is 3. The Bertz CT molecular complexity index is 850. The third-order valence-electron chi connectivity index (χ3n) is 6.03. The number of ether oxygens (including phenoxy) is 1. The highest BCUT2D eigenvalue weighted by atomic mass is 35.5. The molecule has 4 rings (SSSR count). The first-order chi connectivity index (χ1) is 14.7. The number of rotatable bonds is 5. The molecule has 0 saturated carbocycles. The Hall–Kier alpha value is -1.83. The van der Waals surface area contributed by atoms with Crippen molar-refractivity contribution in [3.05, 3.63) is 77.7 Å². The van der Waals surface area contributed by atoms with Gasteiger partial charge in [0, 0.05) is 44.2 Å². The summed E-state index contributed by atoms with van der Waals surface area (Å²) in [6, 6.07) is 19.3. The molecule has 2 heterocycles. The predicted octanol–water partition coefficient (Wildman–Crippen LogP) is 4.82. The molecular weight excluding hydrogens is 392 g/mol. The molecule has 2 aromatic carbocycles. The van der Waals surface area contributed by atoms with E-state index in [-0.39, 0.29) is 12.1 Å². The summed E-state index contributed by atoms with van der Waals surface area (Å²) >= 11 is 6.14. The zero-order valence-electron chi connectivity index (χ0n) is 17.5. The molecule has 0 amide bonds. The number of halogens is 1. The Kier molecular flexibility index (Phi) is 7.47. The first-order valence-corrected chi connectivity index (χ1v) is 11.3. The molecule has 1 radical (unpaired) electrons. The summed E-state index contributed by atoms with van der Waals surface area (Å²) in [4.78, 5) is 5.13. The highest BCUT2D eigenvalue weighted by Crippen LogP contribution is 2.30. The van der Waals surface area contributed by atoms with Gasteiger partial charge in [-0.2, -0.15) is 0 Å². The maximum atomic E-state index is 6.14. The van der Waals surface area contributed by atoms with Crippen molar-refractivity contribution in [1.29, 1.82) is 0 Å². The minimum atomic E-state index is 0.102. The molecule has 0 N–H and O–H groups in total. The van der Waals surface area contributed by atoms with E-state index in [1.807, 2.05) is 12.1 Å². The predicted molar refractivity (Wildman–Crippen MR) is 123 cm³/mol. The van der Waals surface area contributed by atoms with Crippen molar-refractivity contribution in [3.63, 3.8) is 0 Å². The van der Waals surface area contributed by atoms with Gasteiger partial charge in [-0.05, 0) is 43.0 Å². The van der Waals surface area contributed by atoms with Gasteiger partial charge in [0.25, 0.3) is 0 Å². The fourth-order valence-electron chi connectivity index (χ4n) is 4.52. The summed E-state index contributed by atoms with van der Waals surface area (Å²) in [5.74, 6) is 6.24. The number of piperazine rings is 1. The van der Waals surface area contributed by atoms with Gasteiger partial charge < -0.3 is 4.74 Å². The molecule has 3 nitrogen and oxygen atoms in total. The van der Waals surface area contributed by atoms with Gasteiger partial charge in [-0.3, -0.25) is 9.80 Å². The molecule has 0 bridgehead atoms. The van der Waals surface area contributed by atoms with Gasteiger partial charge in [0.2, 0.25) is 0 Å². The van der Waals surface area contributed by atoms with Crippen LogP contribution in [0, 0.1) is 18.8 Å². The lowest BCUT2D eigenvalue weighted by Crippen LogP contribution is -2.49. The smallest absolute Gasteiger partial charge is 0.118 e. The van der Waals surface area contributed by atoms with Gasteiger partial charge in [-0.25, -0.2) is 0 Å². The maximum Gasteiger partial charge on any atom is 0.118 e. The van der Waals surface area contributed by atoms with E-state index < -0.39 is 0 Å². The zero-order valence-corrected chi connectivity index (χ0v) is 18.2. The van der Waals surface area contributed by atoms with E-state index in [4.69, 9.17) is 16.3 Å². The van der Waals surface area contributed by atoms with Crippen LogP contribution < -0.4 is 0 Å². The fraction of sp³-hybridized carbons (Fsp3) is 0.423. The van der Waals surface area contributed by atoms with Gasteiger partial charge in [0.05, 0.1) is 12.1 Å². The lowest BCUT2D eigenvalue weighted by atomic mass is 9.96. The third-order valence-corrected chi connectivity index (χ3v) is 6.28. The van der Waals surface area contributed by atoms with Crippen molar-refractivity contribution in [1.82, 2.24) is 9.80 Å². The topological polar surface area (TPSA) is 15.7 Å². The SMILES string of the molecule is [CH2]CC#C[C@@H]1CC[C@@H](CN2CCN(C(c3ccccc3)c3ccc(Cl)cc3)CC2)O1. The van der Waals surface area contributed by atoms with E-state index in [0.29, 0.717) is 12.5 Å². The summed E-state index contributed by atoms with van der Waals surface area (Å²) in [6.45, 7) is 8.99. The monoisotopic (exact) mass is 421 g/mol. The van der Waals surface area contributed by atoms with Crippen LogP contribution in [-0.2, 0) is 4.74 Å². The van der Waals surface area contributed by atoms with E-state index in [1.54, 1.807) is 0 Å². The largest absolute Gasteiger partial charge is 0.361 e. The molecule has 2 aliphatic heterocycles. The van der Waals surface area contributed by atoms with E-state index >= 15 is 0 Å². The van der Waals surface area contributed by atoms with Crippen LogP contribution in [0.2, 0.25) is 5.02 Å². The van der Waals surface area contributed by atoms with E-state index in [2.05, 4.69) is 71.0 Å². The molecule has 2 saturated heterocycles. The second-order valence-electron chi connectivity index (χ2n) is 8.10. The molecule has 3 atom stereocenters. The lowest BCUT2D eigenvalue weighted by Gasteiger charge is -2.40. The second kappa shape index (κ2) is 10.5. The van der Waals surface area contributed by atoms with Crippen LogP contribution in [0.1, 0.15) is 36.4 Å². The first kappa shape index (κ1) is 21.4. The molecule has 0 aliphatic carbocycles. The third kappa shape index (κ3) is 5.45. The minimum absolute atomic E-state index is 0.102. The average molecular weight is 422 g/mol. The molecular formula is C26H30ClN2O. The van der Waals surface area contributed by atoms with Gasteiger partial charge in [-0.15, -0.1) is 5.92 Å². The van der Waals surface area contributed by atoms with Crippen LogP contribution in [0.4, 0.5) is 0 Å². The molecule has 157 valence electrons. The Labute approximate surface area is 186 Å². The van der Waals surface area contributed by atoms with Crippen LogP contribution in [0.3, 0.4) is 0 Å². The standard InChI is InChI=1S/C26H30ClN2O/c1-2-3-9-24-14-15-25(30-24)20-28-16-18-29(19-17-28)26(21-7-5-4-6-8-21)22-10-12-23(27)13-11-22/h4-8,10-13,24-26H,1-2,14-20H2/t24-,25+,26?/m1/s1. The Morgan fingerprint density at radius 3 is 2.37 bits per heavy atom. The molecule has 30 heavy (non-hydrogen) atoms. The zero-order chi connectivity index (χ0) is 20.8. The average Bonchev–Trinajstić information content (AvgIpc) is 3.23. The Morgan fingerprint density at radius 1 is 0.967 bits per heavy atom. The summed E-state index contributed by atoms with van der Waals surface area (Å²) in [5.41, 5.74) is 2.63. The summed E-state index contributed by atoms with van der Waals surface area (Å²) in [5, 5.41) is 0.783. The summed E-state index contributed by atoms with van der Waals surface area (Å²) in [6.07, 6.45) is 3.22. The van der Waals surface area contributed by atoms with Crippen molar-refractivity contribution < 1.29 is 4.74 Å². The van der Waals surface area contributed by atoms with Crippen molar-refractivity contribution in [2.75, 3.05) is 32.7 Å². The number of hydrogen-bond donors (Lipinski definition) is 0. The van der Waals surface area contributed by atoms with Crippen molar-refractivity contribution in [3.8, 4) is 11.8 Å². The molecule has 4 heteroatoms. The van der Waals surface area contributed by atoms with Crippen LogP contribution in [-0.4, -0.2) is 54.7 Å². The fourth-order valence-corrected chi connectivity index (χ4v) is 4.64. The van der Waals surface area contributed by atoms with E-state index in [1.165, 1.54) is 11.1 Å². The van der Waals surface area contributed by atoms with Crippen LogP contribution >= 0.6 is 11.6 Å². The molecule has 2 aliphatic rings. The van der Waals surface area contributed by atoms with Gasteiger partial charge in [-0.1, -0.05) is 60.0 Å². The molecule has 1 unspecified atom stereocenters. The van der Waals surface area contributed by atoms with E-state index in [0.717, 1.165) is 50.6 Å². The molecule has 2 aromatic rings. The van der Waals surface area contributed by atoms with Gasteiger partial charge in [0.1, 0.15) is 6.10 Å².